The predicted molar refractivity (Wildman–Crippen MR) is 182 cm³/mol. The predicted octanol–water partition coefficient (Wildman–Crippen LogP) is 2.60. The molecule has 54 heavy (non-hydrogen) atoms. The summed E-state index contributed by atoms with van der Waals surface area (Å²) in [6.45, 7) is 5.55. The van der Waals surface area contributed by atoms with Crippen LogP contribution in [0.2, 0.25) is 0 Å². The molecule has 0 spiro atoms. The van der Waals surface area contributed by atoms with Gasteiger partial charge in [0.1, 0.15) is 36.6 Å². The van der Waals surface area contributed by atoms with Crippen molar-refractivity contribution in [2.75, 3.05) is 13.2 Å². The summed E-state index contributed by atoms with van der Waals surface area (Å²) in [5, 5.41) is 4.84. The molecule has 2 aromatic heterocycles. The Morgan fingerprint density at radius 3 is 1.85 bits per heavy atom. The fourth-order valence-electron chi connectivity index (χ4n) is 5.82. The first-order chi connectivity index (χ1) is 25.7. The van der Waals surface area contributed by atoms with Gasteiger partial charge in [-0.15, -0.1) is 0 Å². The maximum atomic E-state index is 12.6. The average Bonchev–Trinajstić information content (AvgIpc) is 3.47. The van der Waals surface area contributed by atoms with E-state index >= 15 is 0 Å². The van der Waals surface area contributed by atoms with E-state index in [2.05, 4.69) is 0 Å². The summed E-state index contributed by atoms with van der Waals surface area (Å²) in [6.07, 6.45) is -10.9. The zero-order valence-corrected chi connectivity index (χ0v) is 30.2. The lowest BCUT2D eigenvalue weighted by molar-refractivity contribution is -0.324. The minimum Gasteiger partial charge on any atom is -0.463 e. The third kappa shape index (κ3) is 9.50. The molecule has 2 aromatic carbocycles. The van der Waals surface area contributed by atoms with E-state index in [1.165, 1.54) is 4.68 Å². The molecule has 0 saturated carbocycles. The van der Waals surface area contributed by atoms with Crippen LogP contribution in [0.4, 0.5) is 0 Å². The Balaban J connectivity index is 1.74. The Morgan fingerprint density at radius 1 is 0.685 bits per heavy atom. The number of hydrogen-bond acceptors (Lipinski definition) is 17. The molecule has 0 N–H and O–H groups in total. The Bertz CT molecular complexity index is 2040. The second-order valence-electron chi connectivity index (χ2n) is 12.1. The fourth-order valence-corrected chi connectivity index (χ4v) is 5.82. The van der Waals surface area contributed by atoms with Gasteiger partial charge >= 0.3 is 35.8 Å². The van der Waals surface area contributed by atoms with E-state index in [1.54, 1.807) is 48.5 Å². The van der Waals surface area contributed by atoms with E-state index < -0.39 is 91.9 Å². The van der Waals surface area contributed by atoms with Crippen molar-refractivity contribution < 1.29 is 66.7 Å². The molecular weight excluding hydrogens is 712 g/mol. The zero-order chi connectivity index (χ0) is 39.1. The van der Waals surface area contributed by atoms with Crippen LogP contribution in [0.25, 0.3) is 27.9 Å². The highest BCUT2D eigenvalue weighted by Gasteiger charge is 2.54. The van der Waals surface area contributed by atoms with Gasteiger partial charge in [0.15, 0.2) is 36.4 Å². The van der Waals surface area contributed by atoms with Crippen molar-refractivity contribution in [2.45, 2.75) is 84.5 Å². The first-order valence-corrected chi connectivity index (χ1v) is 16.7. The van der Waals surface area contributed by atoms with E-state index in [1.807, 2.05) is 6.07 Å². The monoisotopic (exact) mass is 750 g/mol. The Morgan fingerprint density at radius 2 is 1.26 bits per heavy atom. The molecule has 18 nitrogen and oxygen atoms in total. The summed E-state index contributed by atoms with van der Waals surface area (Å²) in [4.78, 5) is 83.6. The van der Waals surface area contributed by atoms with Gasteiger partial charge in [0.25, 0.3) is 0 Å². The number of para-hydroxylation sites is 3. The van der Waals surface area contributed by atoms with Gasteiger partial charge < -0.3 is 37.9 Å². The molecule has 0 amide bonds. The Labute approximate surface area is 307 Å². The molecule has 1 aliphatic rings. The molecule has 286 valence electrons. The standard InChI is InChI=1S/C36H38N4O14/c1-18(41)47-16-27(49-20(3)43)31(29-30-35(38-26-15-11-10-14-25(26)37-30)40(39-29)24-12-8-7-9-13-24)54-36-34(52-23(6)46)33(51-22(5)45)32(50-21(4)44)28(53-36)17-48-19(2)42/h7-15,27-28,31-34,36H,16-17H2,1-6H3/t27-,28-,31-,32-,33+,34-,36+/m1/s1. The topological polar surface area (TPSA) is 220 Å². The van der Waals surface area contributed by atoms with Crippen molar-refractivity contribution in [1.29, 1.82) is 0 Å². The number of nitrogens with zero attached hydrogens (tertiary/aromatic N) is 4. The van der Waals surface area contributed by atoms with Crippen LogP contribution in [0.3, 0.4) is 0 Å². The maximum Gasteiger partial charge on any atom is 0.303 e. The summed E-state index contributed by atoms with van der Waals surface area (Å²) in [7, 11) is 0. The van der Waals surface area contributed by atoms with Crippen molar-refractivity contribution in [1.82, 2.24) is 19.7 Å². The largest absolute Gasteiger partial charge is 0.463 e. The number of rotatable bonds is 13. The van der Waals surface area contributed by atoms with Crippen molar-refractivity contribution >= 4 is 58.0 Å². The van der Waals surface area contributed by atoms with Crippen LogP contribution in [0.1, 0.15) is 53.3 Å². The van der Waals surface area contributed by atoms with Crippen LogP contribution in [-0.4, -0.2) is 106 Å². The van der Waals surface area contributed by atoms with Crippen LogP contribution in [0, 0.1) is 0 Å². The van der Waals surface area contributed by atoms with E-state index in [0.29, 0.717) is 16.7 Å². The van der Waals surface area contributed by atoms with Gasteiger partial charge in [-0.25, -0.2) is 14.6 Å². The number of aromatic nitrogens is 4. The highest BCUT2D eigenvalue weighted by Crippen LogP contribution is 2.37. The van der Waals surface area contributed by atoms with Gasteiger partial charge in [0.05, 0.1) is 16.7 Å². The first kappa shape index (κ1) is 39.2. The molecule has 0 aliphatic carbocycles. The molecule has 7 atom stereocenters. The normalized spacial score (nSPS) is 20.7. The SMILES string of the molecule is CC(=O)OC[C@H]1O[C@@H](O[C@@H](c2nn(-c3ccccc3)c3nc4ccccc4nc23)[C@@H](COC(C)=O)OC(C)=O)[C@H](OC(C)=O)[C@@H](OC(C)=O)[C@@H]1OC(C)=O. The lowest BCUT2D eigenvalue weighted by Gasteiger charge is -2.45. The minimum absolute atomic E-state index is 0.0124. The second kappa shape index (κ2) is 17.2. The van der Waals surface area contributed by atoms with Gasteiger partial charge in [-0.05, 0) is 24.3 Å². The molecule has 1 saturated heterocycles. The number of ether oxygens (including phenoxy) is 8. The Kier molecular flexibility index (Phi) is 12.5. The summed E-state index contributed by atoms with van der Waals surface area (Å²) in [5.74, 6) is -4.80. The molecule has 0 radical (unpaired) electrons. The molecule has 1 aliphatic heterocycles. The first-order valence-electron chi connectivity index (χ1n) is 16.7. The van der Waals surface area contributed by atoms with Crippen LogP contribution in [-0.2, 0) is 66.7 Å². The van der Waals surface area contributed by atoms with Crippen molar-refractivity contribution in [3.8, 4) is 5.69 Å². The lowest BCUT2D eigenvalue weighted by atomic mass is 9.97. The summed E-state index contributed by atoms with van der Waals surface area (Å²) >= 11 is 0. The quantitative estimate of drug-likeness (QED) is 0.142. The van der Waals surface area contributed by atoms with Crippen LogP contribution in [0.15, 0.2) is 54.6 Å². The van der Waals surface area contributed by atoms with E-state index in [-0.39, 0.29) is 16.9 Å². The average molecular weight is 751 g/mol. The molecule has 3 heterocycles. The highest BCUT2D eigenvalue weighted by atomic mass is 16.7. The van der Waals surface area contributed by atoms with Crippen molar-refractivity contribution in [3.05, 3.63) is 60.3 Å². The Hall–Kier alpha value is -6.01. The number of benzene rings is 2. The summed E-state index contributed by atoms with van der Waals surface area (Å²) in [5.41, 5.74) is 2.01. The number of hydrogen-bond donors (Lipinski definition) is 0. The smallest absolute Gasteiger partial charge is 0.303 e. The van der Waals surface area contributed by atoms with Gasteiger partial charge in [-0.2, -0.15) is 5.10 Å². The third-order valence-corrected chi connectivity index (χ3v) is 7.81. The van der Waals surface area contributed by atoms with E-state index in [4.69, 9.17) is 53.0 Å². The number of esters is 6. The van der Waals surface area contributed by atoms with Crippen LogP contribution in [0.5, 0.6) is 0 Å². The molecule has 0 unspecified atom stereocenters. The third-order valence-electron chi connectivity index (χ3n) is 7.81. The highest BCUT2D eigenvalue weighted by molar-refractivity contribution is 5.87. The number of carbonyl (C=O) groups excluding carboxylic acids is 6. The molecular formula is C36H38N4O14. The van der Waals surface area contributed by atoms with E-state index in [0.717, 1.165) is 41.5 Å². The zero-order valence-electron chi connectivity index (χ0n) is 30.2. The van der Waals surface area contributed by atoms with Crippen molar-refractivity contribution in [3.63, 3.8) is 0 Å². The fraction of sp³-hybridized carbons (Fsp3) is 0.417. The van der Waals surface area contributed by atoms with Gasteiger partial charge in [-0.3, -0.25) is 28.8 Å². The van der Waals surface area contributed by atoms with Crippen LogP contribution < -0.4 is 0 Å². The van der Waals surface area contributed by atoms with Gasteiger partial charge in [0, 0.05) is 41.5 Å². The minimum atomic E-state index is -1.75. The van der Waals surface area contributed by atoms with Gasteiger partial charge in [-0.1, -0.05) is 30.3 Å². The lowest BCUT2D eigenvalue weighted by Crippen LogP contribution is -2.63. The molecule has 0 bridgehead atoms. The molecule has 1 fully saturated rings. The summed E-state index contributed by atoms with van der Waals surface area (Å²) in [6, 6.07) is 16.0. The molecule has 4 aromatic rings. The number of carbonyl (C=O) groups is 6. The van der Waals surface area contributed by atoms with Gasteiger partial charge in [0.2, 0.25) is 0 Å². The van der Waals surface area contributed by atoms with E-state index in [9.17, 15) is 28.8 Å². The summed E-state index contributed by atoms with van der Waals surface area (Å²) < 4.78 is 47.1. The second-order valence-corrected chi connectivity index (χ2v) is 12.1. The van der Waals surface area contributed by atoms with Crippen molar-refractivity contribution in [2.24, 2.45) is 0 Å². The molecule has 18 heteroatoms. The maximum absolute atomic E-state index is 12.6. The van der Waals surface area contributed by atoms with Crippen LogP contribution >= 0.6 is 0 Å². The number of fused-ring (bicyclic) bond motifs is 2. The molecule has 5 rings (SSSR count).